The fourth-order valence-electron chi connectivity index (χ4n) is 3.95. The van der Waals surface area contributed by atoms with Gasteiger partial charge in [-0.1, -0.05) is 36.4 Å². The Kier molecular flexibility index (Phi) is 6.95. The lowest BCUT2D eigenvalue weighted by molar-refractivity contribution is -0.139. The van der Waals surface area contributed by atoms with E-state index in [2.05, 4.69) is 16.0 Å². The molecule has 2 aromatic carbocycles. The number of rotatable bonds is 8. The third-order valence-electron chi connectivity index (χ3n) is 5.96. The van der Waals surface area contributed by atoms with Crippen LogP contribution in [0.5, 0.6) is 5.75 Å². The Morgan fingerprint density at radius 1 is 1.03 bits per heavy atom. The van der Waals surface area contributed by atoms with Crippen molar-refractivity contribution in [1.29, 1.82) is 0 Å². The molecule has 2 N–H and O–H groups in total. The molecule has 7 nitrogen and oxygen atoms in total. The highest BCUT2D eigenvalue weighted by atomic mass is 16.5. The maximum Gasteiger partial charge on any atom is 0.255 e. The van der Waals surface area contributed by atoms with Crippen molar-refractivity contribution < 1.29 is 14.6 Å². The Bertz CT molecular complexity index is 1300. The molecule has 0 aliphatic rings. The molecule has 2 aromatic heterocycles. The van der Waals surface area contributed by atoms with Crippen LogP contribution < -0.4 is 4.74 Å². The van der Waals surface area contributed by atoms with Gasteiger partial charge in [0.2, 0.25) is 0 Å². The number of hydrogen-bond donors (Lipinski definition) is 2. The predicted octanol–water partition coefficient (Wildman–Crippen LogP) is 3.96. The molecule has 0 aliphatic heterocycles. The molecule has 0 radical (unpaired) electrons. The molecule has 1 amide bonds. The summed E-state index contributed by atoms with van der Waals surface area (Å²) in [7, 11) is 7.27. The van der Waals surface area contributed by atoms with Gasteiger partial charge < -0.3 is 24.6 Å². The Balaban J connectivity index is 1.65. The molecule has 0 aliphatic carbocycles. The second kappa shape index (κ2) is 10.1. The molecular formula is C27H30N4O3. The monoisotopic (exact) mass is 458 g/mol. The Morgan fingerprint density at radius 2 is 1.82 bits per heavy atom. The molecule has 2 heterocycles. The summed E-state index contributed by atoms with van der Waals surface area (Å²) < 4.78 is 5.55. The van der Waals surface area contributed by atoms with Gasteiger partial charge in [-0.2, -0.15) is 0 Å². The summed E-state index contributed by atoms with van der Waals surface area (Å²) in [5.41, 5.74) is 5.07. The van der Waals surface area contributed by atoms with E-state index in [0.717, 1.165) is 45.6 Å². The van der Waals surface area contributed by atoms with E-state index in [1.165, 1.54) is 0 Å². The lowest BCUT2D eigenvalue weighted by atomic mass is 9.99. The van der Waals surface area contributed by atoms with E-state index in [1.807, 2.05) is 67.7 Å². The number of ether oxygens (including phenoxy) is 1. The first kappa shape index (κ1) is 23.5. The van der Waals surface area contributed by atoms with Crippen LogP contribution in [0, 0.1) is 0 Å². The summed E-state index contributed by atoms with van der Waals surface area (Å²) in [4.78, 5) is 24.1. The van der Waals surface area contributed by atoms with Gasteiger partial charge in [-0.3, -0.25) is 4.79 Å². The Labute approximate surface area is 199 Å². The number of aliphatic hydroxyl groups excluding tert-OH is 1. The van der Waals surface area contributed by atoms with Crippen LogP contribution in [0.4, 0.5) is 0 Å². The van der Waals surface area contributed by atoms with Crippen molar-refractivity contribution in [1.82, 2.24) is 19.8 Å². The standard InChI is InChI=1S/C27H30N4O3/c1-30(2)12-13-31(3)27(33)25(32)19-9-7-8-18(14-19)20-15-22-23(17-29-26(22)28-16-20)21-10-5-6-11-24(21)34-4/h5-11,14-17,25,32H,12-13H2,1-4H3,(H,28,29). The van der Waals surface area contributed by atoms with Crippen molar-refractivity contribution in [3.63, 3.8) is 0 Å². The third kappa shape index (κ3) is 4.81. The molecule has 0 bridgehead atoms. The zero-order chi connectivity index (χ0) is 24.2. The van der Waals surface area contributed by atoms with Gasteiger partial charge in [0.25, 0.3) is 5.91 Å². The summed E-state index contributed by atoms with van der Waals surface area (Å²) in [6.07, 6.45) is 2.50. The SMILES string of the molecule is COc1ccccc1-c1c[nH]c2ncc(-c3cccc(C(O)C(=O)N(C)CCN(C)C)c3)cc12. The van der Waals surface area contributed by atoms with Crippen LogP contribution in [0.3, 0.4) is 0 Å². The number of carbonyl (C=O) groups excluding carboxylic acids is 1. The fraction of sp³-hybridized carbons (Fsp3) is 0.259. The minimum Gasteiger partial charge on any atom is -0.496 e. The molecule has 176 valence electrons. The van der Waals surface area contributed by atoms with Crippen LogP contribution in [0.1, 0.15) is 11.7 Å². The van der Waals surface area contributed by atoms with Gasteiger partial charge in [-0.05, 0) is 43.4 Å². The van der Waals surface area contributed by atoms with Crippen molar-refractivity contribution in [2.24, 2.45) is 0 Å². The quantitative estimate of drug-likeness (QED) is 0.418. The first-order valence-corrected chi connectivity index (χ1v) is 11.2. The van der Waals surface area contributed by atoms with Crippen molar-refractivity contribution in [2.45, 2.75) is 6.10 Å². The number of nitrogens with one attached hydrogen (secondary N) is 1. The number of carbonyl (C=O) groups is 1. The van der Waals surface area contributed by atoms with Gasteiger partial charge in [0, 0.05) is 54.6 Å². The minimum absolute atomic E-state index is 0.323. The van der Waals surface area contributed by atoms with Gasteiger partial charge in [0.15, 0.2) is 6.10 Å². The number of aromatic nitrogens is 2. The highest BCUT2D eigenvalue weighted by Gasteiger charge is 2.22. The topological polar surface area (TPSA) is 81.7 Å². The highest BCUT2D eigenvalue weighted by molar-refractivity contribution is 5.97. The Hall–Kier alpha value is -3.68. The fourth-order valence-corrected chi connectivity index (χ4v) is 3.95. The van der Waals surface area contributed by atoms with E-state index >= 15 is 0 Å². The van der Waals surface area contributed by atoms with E-state index in [4.69, 9.17) is 4.74 Å². The number of aromatic amines is 1. The number of nitrogens with zero attached hydrogens (tertiary/aromatic N) is 3. The largest absolute Gasteiger partial charge is 0.496 e. The number of aliphatic hydroxyl groups is 1. The van der Waals surface area contributed by atoms with Crippen LogP contribution >= 0.6 is 0 Å². The zero-order valence-corrected chi connectivity index (χ0v) is 19.9. The number of pyridine rings is 1. The minimum atomic E-state index is -1.22. The number of H-pyrrole nitrogens is 1. The van der Waals surface area contributed by atoms with Crippen molar-refractivity contribution in [3.8, 4) is 28.0 Å². The molecule has 4 aromatic rings. The molecule has 7 heteroatoms. The molecule has 0 spiro atoms. The summed E-state index contributed by atoms with van der Waals surface area (Å²) in [6, 6.07) is 17.4. The lowest BCUT2D eigenvalue weighted by Gasteiger charge is -2.22. The van der Waals surface area contributed by atoms with Crippen LogP contribution in [0.25, 0.3) is 33.3 Å². The number of methoxy groups -OCH3 is 1. The zero-order valence-electron chi connectivity index (χ0n) is 19.9. The van der Waals surface area contributed by atoms with Gasteiger partial charge in [-0.15, -0.1) is 0 Å². The highest BCUT2D eigenvalue weighted by Crippen LogP contribution is 2.36. The van der Waals surface area contributed by atoms with Crippen LogP contribution in [0.15, 0.2) is 67.0 Å². The van der Waals surface area contributed by atoms with Crippen LogP contribution in [-0.2, 0) is 4.79 Å². The Morgan fingerprint density at radius 3 is 2.59 bits per heavy atom. The summed E-state index contributed by atoms with van der Waals surface area (Å²) in [5.74, 6) is 0.465. The van der Waals surface area contributed by atoms with Gasteiger partial charge in [0.1, 0.15) is 11.4 Å². The maximum absolute atomic E-state index is 12.7. The molecule has 1 atom stereocenters. The molecule has 1 unspecified atom stereocenters. The number of benzene rings is 2. The smallest absolute Gasteiger partial charge is 0.255 e. The number of hydrogen-bond acceptors (Lipinski definition) is 5. The number of para-hydroxylation sites is 1. The third-order valence-corrected chi connectivity index (χ3v) is 5.96. The van der Waals surface area contributed by atoms with Gasteiger partial charge >= 0.3 is 0 Å². The lowest BCUT2D eigenvalue weighted by Crippen LogP contribution is -2.36. The summed E-state index contributed by atoms with van der Waals surface area (Å²) in [6.45, 7) is 1.27. The average molecular weight is 459 g/mol. The second-order valence-corrected chi connectivity index (χ2v) is 8.61. The molecular weight excluding hydrogens is 428 g/mol. The van der Waals surface area contributed by atoms with Crippen molar-refractivity contribution >= 4 is 16.9 Å². The van der Waals surface area contributed by atoms with Crippen LogP contribution in [0.2, 0.25) is 0 Å². The number of fused-ring (bicyclic) bond motifs is 1. The second-order valence-electron chi connectivity index (χ2n) is 8.61. The van der Waals surface area contributed by atoms with E-state index < -0.39 is 6.10 Å². The normalized spacial score (nSPS) is 12.2. The molecule has 0 saturated carbocycles. The molecule has 4 rings (SSSR count). The number of likely N-dealkylation sites (N-methyl/N-ethyl adjacent to an activating group) is 2. The van der Waals surface area contributed by atoms with Crippen LogP contribution in [-0.4, -0.2) is 72.1 Å². The van der Waals surface area contributed by atoms with E-state index in [9.17, 15) is 9.90 Å². The van der Waals surface area contributed by atoms with E-state index in [1.54, 1.807) is 31.3 Å². The molecule has 0 fully saturated rings. The van der Waals surface area contributed by atoms with E-state index in [-0.39, 0.29) is 5.91 Å². The van der Waals surface area contributed by atoms with Crippen molar-refractivity contribution in [2.75, 3.05) is 41.3 Å². The average Bonchev–Trinajstić information content (AvgIpc) is 3.29. The van der Waals surface area contributed by atoms with Crippen molar-refractivity contribution in [3.05, 3.63) is 72.6 Å². The number of amides is 1. The predicted molar refractivity (Wildman–Crippen MR) is 135 cm³/mol. The molecule has 0 saturated heterocycles. The summed E-state index contributed by atoms with van der Waals surface area (Å²) >= 11 is 0. The molecule has 34 heavy (non-hydrogen) atoms. The van der Waals surface area contributed by atoms with Gasteiger partial charge in [-0.25, -0.2) is 4.98 Å². The first-order valence-electron chi connectivity index (χ1n) is 11.2. The van der Waals surface area contributed by atoms with E-state index in [0.29, 0.717) is 12.1 Å². The summed E-state index contributed by atoms with van der Waals surface area (Å²) in [5, 5.41) is 11.7. The van der Waals surface area contributed by atoms with Gasteiger partial charge in [0.05, 0.1) is 7.11 Å². The maximum atomic E-state index is 12.7. The first-order chi connectivity index (χ1) is 16.4.